The highest BCUT2D eigenvalue weighted by Crippen LogP contribution is 2.18. The minimum Gasteiger partial charge on any atom is -0.348 e. The summed E-state index contributed by atoms with van der Waals surface area (Å²) in [5.74, 6) is -0.534. The van der Waals surface area contributed by atoms with Crippen LogP contribution in [0, 0.1) is 13.8 Å². The molecule has 25 heavy (non-hydrogen) atoms. The Labute approximate surface area is 147 Å². The minimum absolute atomic E-state index is 0.215. The Kier molecular flexibility index (Phi) is 5.12. The number of aromatic nitrogens is 1. The van der Waals surface area contributed by atoms with Crippen molar-refractivity contribution < 1.29 is 9.59 Å². The molecule has 1 aromatic carbocycles. The second-order valence-electron chi connectivity index (χ2n) is 6.69. The van der Waals surface area contributed by atoms with E-state index in [1.54, 1.807) is 18.2 Å². The molecule has 0 bridgehead atoms. The summed E-state index contributed by atoms with van der Waals surface area (Å²) in [5.41, 5.74) is 3.39. The van der Waals surface area contributed by atoms with Gasteiger partial charge >= 0.3 is 0 Å². The van der Waals surface area contributed by atoms with E-state index in [0.29, 0.717) is 0 Å². The van der Waals surface area contributed by atoms with Crippen molar-refractivity contribution in [2.24, 2.45) is 0 Å². The first-order valence-electron chi connectivity index (χ1n) is 8.69. The monoisotopic (exact) mass is 337 g/mol. The van der Waals surface area contributed by atoms with Gasteiger partial charge in [0.1, 0.15) is 11.4 Å². The van der Waals surface area contributed by atoms with Crippen LogP contribution in [-0.2, 0) is 0 Å². The molecule has 0 saturated heterocycles. The van der Waals surface area contributed by atoms with E-state index >= 15 is 0 Å². The molecule has 0 unspecified atom stereocenters. The van der Waals surface area contributed by atoms with Gasteiger partial charge in [0, 0.05) is 11.7 Å². The average molecular weight is 337 g/mol. The van der Waals surface area contributed by atoms with Crippen molar-refractivity contribution in [2.75, 3.05) is 5.32 Å². The number of amides is 2. The lowest BCUT2D eigenvalue weighted by atomic mass is 10.1. The van der Waals surface area contributed by atoms with Crippen molar-refractivity contribution in [3.05, 3.63) is 58.9 Å². The minimum atomic E-state index is -0.319. The first-order valence-corrected chi connectivity index (χ1v) is 8.69. The number of aryl methyl sites for hydroxylation is 2. The molecule has 2 amide bonds. The predicted octanol–water partition coefficient (Wildman–Crippen LogP) is 3.62. The van der Waals surface area contributed by atoms with Gasteiger partial charge in [-0.05, 0) is 62.1 Å². The molecule has 3 rings (SSSR count). The summed E-state index contributed by atoms with van der Waals surface area (Å²) in [6.07, 6.45) is 4.32. The van der Waals surface area contributed by atoms with Gasteiger partial charge in [-0.25, -0.2) is 4.98 Å². The van der Waals surface area contributed by atoms with E-state index < -0.39 is 0 Å². The number of nitrogens with zero attached hydrogens (tertiary/aromatic N) is 1. The molecule has 1 saturated carbocycles. The largest absolute Gasteiger partial charge is 0.348 e. The molecule has 1 aliphatic rings. The number of carbonyl (C=O) groups excluding carboxylic acids is 2. The molecule has 1 aliphatic carbocycles. The lowest BCUT2D eigenvalue weighted by molar-refractivity contribution is 0.0932. The Morgan fingerprint density at radius 3 is 2.20 bits per heavy atom. The number of rotatable bonds is 4. The fourth-order valence-corrected chi connectivity index (χ4v) is 3.26. The topological polar surface area (TPSA) is 71.1 Å². The van der Waals surface area contributed by atoms with E-state index in [9.17, 15) is 9.59 Å². The molecule has 1 fully saturated rings. The van der Waals surface area contributed by atoms with Crippen LogP contribution in [0.25, 0.3) is 0 Å². The van der Waals surface area contributed by atoms with Crippen LogP contribution in [0.15, 0.2) is 36.4 Å². The lowest BCUT2D eigenvalue weighted by Gasteiger charge is -2.12. The number of pyridine rings is 1. The van der Waals surface area contributed by atoms with Crippen molar-refractivity contribution in [1.29, 1.82) is 0 Å². The van der Waals surface area contributed by atoms with Crippen molar-refractivity contribution in [2.45, 2.75) is 45.6 Å². The molecule has 130 valence electrons. The highest BCUT2D eigenvalue weighted by molar-refractivity contribution is 6.04. The third-order valence-electron chi connectivity index (χ3n) is 4.38. The van der Waals surface area contributed by atoms with Crippen molar-refractivity contribution in [3.8, 4) is 0 Å². The molecule has 0 atom stereocenters. The van der Waals surface area contributed by atoms with E-state index in [4.69, 9.17) is 0 Å². The molecule has 0 aliphatic heterocycles. The maximum atomic E-state index is 12.5. The van der Waals surface area contributed by atoms with Crippen LogP contribution in [0.5, 0.6) is 0 Å². The van der Waals surface area contributed by atoms with Gasteiger partial charge in [-0.1, -0.05) is 25.0 Å². The van der Waals surface area contributed by atoms with E-state index in [2.05, 4.69) is 15.6 Å². The first kappa shape index (κ1) is 17.1. The molecule has 0 radical (unpaired) electrons. The van der Waals surface area contributed by atoms with Gasteiger partial charge in [-0.15, -0.1) is 0 Å². The smallest absolute Gasteiger partial charge is 0.274 e. The SMILES string of the molecule is Cc1cc(C)cc(NC(=O)c2cccc(C(=O)NC3CCCC3)n2)c1. The first-order chi connectivity index (χ1) is 12.0. The maximum Gasteiger partial charge on any atom is 0.274 e. The number of anilines is 1. The van der Waals surface area contributed by atoms with Crippen LogP contribution in [0.3, 0.4) is 0 Å². The molecule has 1 heterocycles. The summed E-state index contributed by atoms with van der Waals surface area (Å²) >= 11 is 0. The van der Waals surface area contributed by atoms with E-state index in [1.807, 2.05) is 32.0 Å². The standard InChI is InChI=1S/C20H23N3O2/c1-13-10-14(2)12-16(11-13)22-20(25)18-9-5-8-17(23-18)19(24)21-15-6-3-4-7-15/h5,8-12,15H,3-4,6-7H2,1-2H3,(H,21,24)(H,22,25). The zero-order chi connectivity index (χ0) is 17.8. The van der Waals surface area contributed by atoms with Crippen LogP contribution in [0.4, 0.5) is 5.69 Å². The van der Waals surface area contributed by atoms with Crippen LogP contribution < -0.4 is 10.6 Å². The molecule has 2 N–H and O–H groups in total. The van der Waals surface area contributed by atoms with Crippen LogP contribution in [0.1, 0.15) is 57.8 Å². The lowest BCUT2D eigenvalue weighted by Crippen LogP contribution is -2.33. The predicted molar refractivity (Wildman–Crippen MR) is 97.8 cm³/mol. The number of hydrogen-bond donors (Lipinski definition) is 2. The normalized spacial score (nSPS) is 14.3. The Morgan fingerprint density at radius 1 is 0.960 bits per heavy atom. The van der Waals surface area contributed by atoms with Crippen LogP contribution in [0.2, 0.25) is 0 Å². The number of nitrogens with one attached hydrogen (secondary N) is 2. The Morgan fingerprint density at radius 2 is 1.56 bits per heavy atom. The molecule has 5 nitrogen and oxygen atoms in total. The number of hydrogen-bond acceptors (Lipinski definition) is 3. The second kappa shape index (κ2) is 7.47. The van der Waals surface area contributed by atoms with E-state index in [0.717, 1.165) is 42.5 Å². The van der Waals surface area contributed by atoms with Crippen LogP contribution >= 0.6 is 0 Å². The van der Waals surface area contributed by atoms with Gasteiger partial charge in [0.25, 0.3) is 11.8 Å². The van der Waals surface area contributed by atoms with Crippen molar-refractivity contribution >= 4 is 17.5 Å². The third kappa shape index (κ3) is 4.44. The van der Waals surface area contributed by atoms with Crippen molar-refractivity contribution in [3.63, 3.8) is 0 Å². The van der Waals surface area contributed by atoms with Crippen molar-refractivity contribution in [1.82, 2.24) is 10.3 Å². The van der Waals surface area contributed by atoms with Gasteiger partial charge in [-0.2, -0.15) is 0 Å². The summed E-state index contributed by atoms with van der Waals surface area (Å²) in [5, 5.41) is 5.84. The average Bonchev–Trinajstić information content (AvgIpc) is 3.07. The highest BCUT2D eigenvalue weighted by atomic mass is 16.2. The quantitative estimate of drug-likeness (QED) is 0.895. The second-order valence-corrected chi connectivity index (χ2v) is 6.69. The fourth-order valence-electron chi connectivity index (χ4n) is 3.26. The van der Waals surface area contributed by atoms with Gasteiger partial charge in [0.2, 0.25) is 0 Å². The molecule has 2 aromatic rings. The van der Waals surface area contributed by atoms with Gasteiger partial charge < -0.3 is 10.6 Å². The molecule has 5 heteroatoms. The summed E-state index contributed by atoms with van der Waals surface area (Å²) in [6, 6.07) is 11.0. The number of carbonyl (C=O) groups is 2. The zero-order valence-corrected chi connectivity index (χ0v) is 14.6. The summed E-state index contributed by atoms with van der Waals surface area (Å²) in [4.78, 5) is 29.0. The summed E-state index contributed by atoms with van der Waals surface area (Å²) in [6.45, 7) is 3.96. The number of benzene rings is 1. The molecular weight excluding hydrogens is 314 g/mol. The van der Waals surface area contributed by atoms with E-state index in [1.165, 1.54) is 0 Å². The Balaban J connectivity index is 1.71. The van der Waals surface area contributed by atoms with Gasteiger partial charge in [0.15, 0.2) is 0 Å². The van der Waals surface area contributed by atoms with Crippen LogP contribution in [-0.4, -0.2) is 22.8 Å². The Hall–Kier alpha value is -2.69. The van der Waals surface area contributed by atoms with E-state index in [-0.39, 0.29) is 29.2 Å². The summed E-state index contributed by atoms with van der Waals surface area (Å²) in [7, 11) is 0. The third-order valence-corrected chi connectivity index (χ3v) is 4.38. The maximum absolute atomic E-state index is 12.5. The fraction of sp³-hybridized carbons (Fsp3) is 0.350. The summed E-state index contributed by atoms with van der Waals surface area (Å²) < 4.78 is 0. The molecular formula is C20H23N3O2. The van der Waals surface area contributed by atoms with Gasteiger partial charge in [-0.3, -0.25) is 9.59 Å². The van der Waals surface area contributed by atoms with Gasteiger partial charge in [0.05, 0.1) is 0 Å². The highest BCUT2D eigenvalue weighted by Gasteiger charge is 2.19. The Bertz CT molecular complexity index is 775. The zero-order valence-electron chi connectivity index (χ0n) is 14.6. The molecule has 0 spiro atoms. The molecule has 1 aromatic heterocycles.